The van der Waals surface area contributed by atoms with Crippen molar-refractivity contribution in [3.8, 4) is 0 Å². The number of benzene rings is 1. The number of aliphatic hydroxyl groups excluding tert-OH is 1. The molecule has 3 heteroatoms. The third kappa shape index (κ3) is 5.79. The van der Waals surface area contributed by atoms with Gasteiger partial charge < -0.3 is 15.2 Å². The van der Waals surface area contributed by atoms with Crippen molar-refractivity contribution in [1.82, 2.24) is 5.32 Å². The molecule has 3 rings (SSSR count). The van der Waals surface area contributed by atoms with Gasteiger partial charge in [0.1, 0.15) is 0 Å². The first kappa shape index (κ1) is 21.3. The van der Waals surface area contributed by atoms with Crippen LogP contribution in [0.15, 0.2) is 47.6 Å². The zero-order valence-corrected chi connectivity index (χ0v) is 18.0. The quantitative estimate of drug-likeness (QED) is 0.612. The number of β-amino-alcohol motifs (C(OH)–C–C–N with tert-alkyl or cyclic N) is 1. The molecular formula is C25H37NO2. The van der Waals surface area contributed by atoms with Crippen LogP contribution in [0, 0.1) is 12.8 Å². The predicted molar refractivity (Wildman–Crippen MR) is 116 cm³/mol. The summed E-state index contributed by atoms with van der Waals surface area (Å²) in [6.45, 7) is 9.57. The van der Waals surface area contributed by atoms with Gasteiger partial charge in [-0.25, -0.2) is 0 Å². The standard InChI is InChI=1S/C25H37NO2/c1-18-9-5-8-12-24(18)19(2)28-17-23(27)16-26-25(3,4)15-20-13-21-10-6-7-11-22(21)14-20/h5-6,8-10,12,19-20,23,26-27H,7,11,13-17H2,1-4H3/t19-,20?,23-/m1/s1. The minimum Gasteiger partial charge on any atom is -0.389 e. The SMILES string of the molecule is Cc1ccccc1[C@@H](C)OC[C@H](O)CNC(C)(C)CC1CC2=C(CCC=C2)C1. The van der Waals surface area contributed by atoms with Gasteiger partial charge in [0.05, 0.1) is 18.8 Å². The van der Waals surface area contributed by atoms with Gasteiger partial charge in [-0.1, -0.05) is 42.0 Å². The molecule has 2 aliphatic carbocycles. The molecule has 0 aromatic heterocycles. The zero-order valence-electron chi connectivity index (χ0n) is 18.0. The van der Waals surface area contributed by atoms with Gasteiger partial charge in [-0.2, -0.15) is 0 Å². The smallest absolute Gasteiger partial charge is 0.0898 e. The fourth-order valence-corrected chi connectivity index (χ4v) is 4.72. The Hall–Kier alpha value is -1.42. The lowest BCUT2D eigenvalue weighted by atomic mass is 9.88. The molecule has 0 aliphatic heterocycles. The van der Waals surface area contributed by atoms with Gasteiger partial charge in [0, 0.05) is 12.1 Å². The third-order valence-electron chi connectivity index (χ3n) is 6.21. The van der Waals surface area contributed by atoms with E-state index in [-0.39, 0.29) is 11.6 Å². The molecule has 2 N–H and O–H groups in total. The van der Waals surface area contributed by atoms with Crippen LogP contribution in [0.25, 0.3) is 0 Å². The Bertz CT molecular complexity index is 719. The number of aryl methyl sites for hydroxylation is 1. The largest absolute Gasteiger partial charge is 0.389 e. The number of nitrogens with one attached hydrogen (secondary N) is 1. The molecule has 154 valence electrons. The Labute approximate surface area is 170 Å². The van der Waals surface area contributed by atoms with E-state index in [0.29, 0.717) is 13.2 Å². The highest BCUT2D eigenvalue weighted by Crippen LogP contribution is 2.40. The molecule has 3 nitrogen and oxygen atoms in total. The van der Waals surface area contributed by atoms with Crippen LogP contribution in [0.5, 0.6) is 0 Å². The summed E-state index contributed by atoms with van der Waals surface area (Å²) in [6, 6.07) is 8.27. The highest BCUT2D eigenvalue weighted by atomic mass is 16.5. The number of hydrogen-bond donors (Lipinski definition) is 2. The Kier molecular flexibility index (Phi) is 7.14. The van der Waals surface area contributed by atoms with Crippen LogP contribution in [-0.4, -0.2) is 29.9 Å². The second-order valence-electron chi connectivity index (χ2n) is 9.30. The normalized spacial score (nSPS) is 21.7. The van der Waals surface area contributed by atoms with Crippen LogP contribution >= 0.6 is 0 Å². The zero-order chi connectivity index (χ0) is 20.1. The molecule has 0 amide bonds. The summed E-state index contributed by atoms with van der Waals surface area (Å²) >= 11 is 0. The van der Waals surface area contributed by atoms with E-state index < -0.39 is 6.10 Å². The van der Waals surface area contributed by atoms with E-state index in [0.717, 1.165) is 12.3 Å². The summed E-state index contributed by atoms with van der Waals surface area (Å²) in [5, 5.41) is 14.0. The van der Waals surface area contributed by atoms with E-state index >= 15 is 0 Å². The molecule has 0 saturated heterocycles. The summed E-state index contributed by atoms with van der Waals surface area (Å²) in [4.78, 5) is 0. The number of allylic oxidation sites excluding steroid dienone is 4. The molecule has 0 bridgehead atoms. The van der Waals surface area contributed by atoms with Crippen molar-refractivity contribution >= 4 is 0 Å². The predicted octanol–water partition coefficient (Wildman–Crippen LogP) is 5.25. The van der Waals surface area contributed by atoms with E-state index in [1.165, 1.54) is 36.8 Å². The van der Waals surface area contributed by atoms with Gasteiger partial charge in [-0.15, -0.1) is 0 Å². The Morgan fingerprint density at radius 3 is 2.79 bits per heavy atom. The van der Waals surface area contributed by atoms with Gasteiger partial charge in [-0.3, -0.25) is 0 Å². The Morgan fingerprint density at radius 2 is 2.04 bits per heavy atom. The third-order valence-corrected chi connectivity index (χ3v) is 6.21. The van der Waals surface area contributed by atoms with Crippen LogP contribution in [0.2, 0.25) is 0 Å². The molecule has 3 atom stereocenters. The second kappa shape index (κ2) is 9.39. The molecule has 1 aromatic carbocycles. The van der Waals surface area contributed by atoms with Crippen LogP contribution in [0.1, 0.15) is 70.1 Å². The van der Waals surface area contributed by atoms with Crippen LogP contribution < -0.4 is 5.32 Å². The second-order valence-corrected chi connectivity index (χ2v) is 9.30. The number of ether oxygens (including phenoxy) is 1. The average molecular weight is 384 g/mol. The highest BCUT2D eigenvalue weighted by molar-refractivity contribution is 5.34. The maximum Gasteiger partial charge on any atom is 0.0898 e. The topological polar surface area (TPSA) is 41.5 Å². The van der Waals surface area contributed by atoms with E-state index in [2.05, 4.69) is 57.3 Å². The first-order chi connectivity index (χ1) is 13.3. The molecule has 0 radical (unpaired) electrons. The molecule has 1 aromatic rings. The fourth-order valence-electron chi connectivity index (χ4n) is 4.72. The summed E-state index contributed by atoms with van der Waals surface area (Å²) in [6.07, 6.45) is 10.2. The van der Waals surface area contributed by atoms with Gasteiger partial charge >= 0.3 is 0 Å². The Morgan fingerprint density at radius 1 is 1.25 bits per heavy atom. The minimum atomic E-state index is -0.497. The maximum atomic E-state index is 10.4. The monoisotopic (exact) mass is 383 g/mol. The highest BCUT2D eigenvalue weighted by Gasteiger charge is 2.29. The molecule has 28 heavy (non-hydrogen) atoms. The molecule has 0 saturated carbocycles. The average Bonchev–Trinajstić information content (AvgIpc) is 3.06. The molecule has 0 spiro atoms. The van der Waals surface area contributed by atoms with Crippen molar-refractivity contribution < 1.29 is 9.84 Å². The number of rotatable bonds is 9. The number of aliphatic hydroxyl groups is 1. The first-order valence-corrected chi connectivity index (χ1v) is 10.8. The number of hydrogen-bond acceptors (Lipinski definition) is 3. The van der Waals surface area contributed by atoms with Gasteiger partial charge in [0.2, 0.25) is 0 Å². The van der Waals surface area contributed by atoms with Crippen molar-refractivity contribution in [3.05, 3.63) is 58.7 Å². The van der Waals surface area contributed by atoms with E-state index in [4.69, 9.17) is 4.74 Å². The van der Waals surface area contributed by atoms with E-state index in [9.17, 15) is 5.11 Å². The maximum absolute atomic E-state index is 10.4. The van der Waals surface area contributed by atoms with Crippen molar-refractivity contribution in [3.63, 3.8) is 0 Å². The molecule has 2 aliphatic rings. The molecular weight excluding hydrogens is 346 g/mol. The van der Waals surface area contributed by atoms with Crippen molar-refractivity contribution in [1.29, 1.82) is 0 Å². The van der Waals surface area contributed by atoms with Crippen LogP contribution in [-0.2, 0) is 4.74 Å². The van der Waals surface area contributed by atoms with Gasteiger partial charge in [-0.05, 0) is 82.4 Å². The molecule has 1 unspecified atom stereocenters. The van der Waals surface area contributed by atoms with E-state index in [1.54, 1.807) is 11.1 Å². The van der Waals surface area contributed by atoms with Gasteiger partial charge in [0.25, 0.3) is 0 Å². The van der Waals surface area contributed by atoms with Crippen molar-refractivity contribution in [2.24, 2.45) is 5.92 Å². The fraction of sp³-hybridized carbons (Fsp3) is 0.600. The lowest BCUT2D eigenvalue weighted by molar-refractivity contribution is -0.00482. The van der Waals surface area contributed by atoms with Crippen molar-refractivity contribution in [2.45, 2.75) is 77.5 Å². The summed E-state index contributed by atoms with van der Waals surface area (Å²) in [7, 11) is 0. The first-order valence-electron chi connectivity index (χ1n) is 10.8. The van der Waals surface area contributed by atoms with Crippen LogP contribution in [0.3, 0.4) is 0 Å². The van der Waals surface area contributed by atoms with Crippen molar-refractivity contribution in [2.75, 3.05) is 13.2 Å². The lowest BCUT2D eigenvalue weighted by Gasteiger charge is -2.31. The minimum absolute atomic E-state index is 0.00667. The summed E-state index contributed by atoms with van der Waals surface area (Å²) < 4.78 is 5.93. The summed E-state index contributed by atoms with van der Waals surface area (Å²) in [5.41, 5.74) is 5.71. The molecule has 0 heterocycles. The Balaban J connectivity index is 1.39. The molecule has 0 fully saturated rings. The summed E-state index contributed by atoms with van der Waals surface area (Å²) in [5.74, 6) is 0.727. The van der Waals surface area contributed by atoms with Crippen LogP contribution in [0.4, 0.5) is 0 Å². The van der Waals surface area contributed by atoms with Gasteiger partial charge in [0.15, 0.2) is 0 Å². The van der Waals surface area contributed by atoms with E-state index in [1.807, 2.05) is 12.1 Å². The lowest BCUT2D eigenvalue weighted by Crippen LogP contribution is -2.45.